The van der Waals surface area contributed by atoms with Crippen LogP contribution in [0.15, 0.2) is 39.9 Å². The lowest BCUT2D eigenvalue weighted by Gasteiger charge is -2.08. The molecule has 90 valence electrons. The average Bonchev–Trinajstić information content (AvgIpc) is 2.68. The Balaban J connectivity index is 2.38. The van der Waals surface area contributed by atoms with Crippen molar-refractivity contribution in [2.45, 2.75) is 18.7 Å². The number of aryl methyl sites for hydroxylation is 2. The first kappa shape index (κ1) is 11.7. The summed E-state index contributed by atoms with van der Waals surface area (Å²) in [6.45, 7) is 3.67. The molecule has 0 aliphatic heterocycles. The molecule has 1 aromatic heterocycles. The molecule has 1 heterocycles. The molecular weight excluding hydrogens is 240 g/mol. The molecule has 2 rings (SSSR count). The highest BCUT2D eigenvalue weighted by atomic mass is 32.2. The molecule has 0 unspecified atom stereocenters. The van der Waals surface area contributed by atoms with Crippen molar-refractivity contribution in [2.24, 2.45) is 0 Å². The number of nitrogens with one attached hydrogen (secondary N) is 1. The number of benzene rings is 1. The van der Waals surface area contributed by atoms with Crippen molar-refractivity contribution in [2.75, 3.05) is 4.72 Å². The molecule has 0 saturated carbocycles. The Morgan fingerprint density at radius 3 is 2.59 bits per heavy atom. The lowest BCUT2D eigenvalue weighted by Crippen LogP contribution is -2.14. The highest BCUT2D eigenvalue weighted by molar-refractivity contribution is 7.92. The zero-order valence-electron chi connectivity index (χ0n) is 9.47. The van der Waals surface area contributed by atoms with Crippen molar-refractivity contribution in [3.8, 4) is 0 Å². The molecule has 1 N–H and O–H groups in total. The van der Waals surface area contributed by atoms with E-state index in [1.807, 2.05) is 13.0 Å². The molecule has 5 nitrogen and oxygen atoms in total. The maximum Gasteiger partial charge on any atom is 0.263 e. The van der Waals surface area contributed by atoms with Crippen molar-refractivity contribution in [3.05, 3.63) is 41.7 Å². The molecule has 0 amide bonds. The van der Waals surface area contributed by atoms with Crippen LogP contribution in [0.25, 0.3) is 0 Å². The van der Waals surface area contributed by atoms with Crippen molar-refractivity contribution in [1.29, 1.82) is 0 Å². The molecule has 0 atom stereocenters. The topological polar surface area (TPSA) is 72.2 Å². The van der Waals surface area contributed by atoms with Gasteiger partial charge in [0, 0.05) is 6.07 Å². The lowest BCUT2D eigenvalue weighted by molar-refractivity contribution is 0.423. The van der Waals surface area contributed by atoms with Crippen LogP contribution in [0.1, 0.15) is 11.1 Å². The van der Waals surface area contributed by atoms with Gasteiger partial charge in [-0.1, -0.05) is 22.9 Å². The zero-order chi connectivity index (χ0) is 12.5. The third-order valence-electron chi connectivity index (χ3n) is 2.30. The van der Waals surface area contributed by atoms with Gasteiger partial charge in [-0.05, 0) is 25.5 Å². The highest BCUT2D eigenvalue weighted by Gasteiger charge is 2.17. The molecule has 6 heteroatoms. The van der Waals surface area contributed by atoms with E-state index in [0.29, 0.717) is 5.56 Å². The molecule has 0 radical (unpaired) electrons. The van der Waals surface area contributed by atoms with Crippen LogP contribution >= 0.6 is 0 Å². The van der Waals surface area contributed by atoms with Gasteiger partial charge in [0.15, 0.2) is 5.82 Å². The maximum absolute atomic E-state index is 12.0. The zero-order valence-corrected chi connectivity index (χ0v) is 10.3. The van der Waals surface area contributed by atoms with Crippen molar-refractivity contribution in [1.82, 2.24) is 5.16 Å². The summed E-state index contributed by atoms with van der Waals surface area (Å²) in [7, 11) is -3.60. The van der Waals surface area contributed by atoms with E-state index in [1.54, 1.807) is 19.1 Å². The van der Waals surface area contributed by atoms with E-state index in [9.17, 15) is 8.42 Å². The second-order valence-electron chi connectivity index (χ2n) is 3.76. The highest BCUT2D eigenvalue weighted by Crippen LogP contribution is 2.19. The van der Waals surface area contributed by atoms with Gasteiger partial charge >= 0.3 is 0 Å². The molecule has 0 spiro atoms. The molecule has 0 saturated heterocycles. The Kier molecular flexibility index (Phi) is 2.89. The molecule has 0 aliphatic carbocycles. The number of rotatable bonds is 3. The van der Waals surface area contributed by atoms with E-state index < -0.39 is 10.0 Å². The van der Waals surface area contributed by atoms with Crippen LogP contribution in [-0.2, 0) is 10.0 Å². The summed E-state index contributed by atoms with van der Waals surface area (Å²) in [6, 6.07) is 6.59. The van der Waals surface area contributed by atoms with Crippen molar-refractivity contribution >= 4 is 15.8 Å². The number of anilines is 1. The Morgan fingerprint density at radius 1 is 1.24 bits per heavy atom. The first-order valence-electron chi connectivity index (χ1n) is 4.99. The number of aromatic nitrogens is 1. The standard InChI is InChI=1S/C11H12N2O3S/c1-8-3-4-10(9(2)7-8)17(14,15)13-11-5-6-16-12-11/h3-7H,1-2H3,(H,12,13). The first-order chi connectivity index (χ1) is 7.99. The van der Waals surface area contributed by atoms with Gasteiger partial charge in [0.05, 0.1) is 4.90 Å². The summed E-state index contributed by atoms with van der Waals surface area (Å²) >= 11 is 0. The molecule has 17 heavy (non-hydrogen) atoms. The third kappa shape index (κ3) is 2.47. The van der Waals surface area contributed by atoms with Crippen LogP contribution in [0.4, 0.5) is 5.82 Å². The minimum absolute atomic E-state index is 0.171. The predicted octanol–water partition coefficient (Wildman–Crippen LogP) is 2.09. The van der Waals surface area contributed by atoms with Crippen LogP contribution in [0, 0.1) is 13.8 Å². The lowest BCUT2D eigenvalue weighted by atomic mass is 10.2. The van der Waals surface area contributed by atoms with Gasteiger partial charge in [-0.3, -0.25) is 4.72 Å². The van der Waals surface area contributed by atoms with Crippen LogP contribution in [-0.4, -0.2) is 13.6 Å². The Hall–Kier alpha value is -1.82. The molecular formula is C11H12N2O3S. The second-order valence-corrected chi connectivity index (χ2v) is 5.41. The summed E-state index contributed by atoms with van der Waals surface area (Å²) in [5, 5.41) is 3.51. The fraction of sp³-hybridized carbons (Fsp3) is 0.182. The fourth-order valence-corrected chi connectivity index (χ4v) is 2.78. The van der Waals surface area contributed by atoms with Crippen LogP contribution < -0.4 is 4.72 Å². The van der Waals surface area contributed by atoms with Gasteiger partial charge in [0.25, 0.3) is 10.0 Å². The third-order valence-corrected chi connectivity index (χ3v) is 3.81. The number of sulfonamides is 1. The quantitative estimate of drug-likeness (QED) is 0.907. The number of nitrogens with zero attached hydrogens (tertiary/aromatic N) is 1. The molecule has 2 aromatic rings. The number of hydrogen-bond acceptors (Lipinski definition) is 4. The molecule has 1 aromatic carbocycles. The molecule has 0 fully saturated rings. The van der Waals surface area contributed by atoms with E-state index in [0.717, 1.165) is 5.56 Å². The van der Waals surface area contributed by atoms with E-state index >= 15 is 0 Å². The van der Waals surface area contributed by atoms with E-state index in [4.69, 9.17) is 0 Å². The van der Waals surface area contributed by atoms with E-state index in [1.165, 1.54) is 12.3 Å². The summed E-state index contributed by atoms with van der Waals surface area (Å²) < 4.78 is 31.0. The van der Waals surface area contributed by atoms with Crippen LogP contribution in [0.5, 0.6) is 0 Å². The number of hydrogen-bond donors (Lipinski definition) is 1. The van der Waals surface area contributed by atoms with Crippen LogP contribution in [0.2, 0.25) is 0 Å². The summed E-state index contributed by atoms with van der Waals surface area (Å²) in [4.78, 5) is 0.242. The van der Waals surface area contributed by atoms with Gasteiger partial charge in [-0.2, -0.15) is 0 Å². The Labute approximate surface area is 99.5 Å². The SMILES string of the molecule is Cc1ccc(S(=O)(=O)Nc2ccon2)c(C)c1. The minimum Gasteiger partial charge on any atom is -0.363 e. The summed E-state index contributed by atoms with van der Waals surface area (Å²) in [5.74, 6) is 0.171. The maximum atomic E-state index is 12.0. The first-order valence-corrected chi connectivity index (χ1v) is 6.48. The largest absolute Gasteiger partial charge is 0.363 e. The van der Waals surface area contributed by atoms with E-state index in [2.05, 4.69) is 14.4 Å². The van der Waals surface area contributed by atoms with E-state index in [-0.39, 0.29) is 10.7 Å². The van der Waals surface area contributed by atoms with Crippen LogP contribution in [0.3, 0.4) is 0 Å². The molecule has 0 aliphatic rings. The van der Waals surface area contributed by atoms with Gasteiger partial charge in [-0.15, -0.1) is 0 Å². The van der Waals surface area contributed by atoms with Crippen molar-refractivity contribution in [3.63, 3.8) is 0 Å². The van der Waals surface area contributed by atoms with Gasteiger partial charge < -0.3 is 4.52 Å². The summed E-state index contributed by atoms with van der Waals surface area (Å²) in [6.07, 6.45) is 1.31. The van der Waals surface area contributed by atoms with Gasteiger partial charge in [0.1, 0.15) is 6.26 Å². The molecule has 0 bridgehead atoms. The predicted molar refractivity (Wildman–Crippen MR) is 63.2 cm³/mol. The monoisotopic (exact) mass is 252 g/mol. The smallest absolute Gasteiger partial charge is 0.263 e. The minimum atomic E-state index is -3.60. The second kappa shape index (κ2) is 4.21. The van der Waals surface area contributed by atoms with Crippen molar-refractivity contribution < 1.29 is 12.9 Å². The Bertz CT molecular complexity index is 618. The Morgan fingerprint density at radius 2 is 2.00 bits per heavy atom. The summed E-state index contributed by atoms with van der Waals surface area (Å²) in [5.41, 5.74) is 1.71. The van der Waals surface area contributed by atoms with Gasteiger partial charge in [0.2, 0.25) is 0 Å². The normalized spacial score (nSPS) is 11.4. The fourth-order valence-electron chi connectivity index (χ4n) is 1.56. The average molecular weight is 252 g/mol. The van der Waals surface area contributed by atoms with Gasteiger partial charge in [-0.25, -0.2) is 8.42 Å².